The van der Waals surface area contributed by atoms with Crippen molar-refractivity contribution in [3.05, 3.63) is 45.9 Å². The number of esters is 8. The molecule has 20 heteroatoms. The second-order valence-electron chi connectivity index (χ2n) is 7.09. The van der Waals surface area contributed by atoms with Gasteiger partial charge in [0.25, 0.3) is 0 Å². The number of hydrogen-bond acceptors (Lipinski definition) is 20. The molecule has 0 heterocycles. The molecule has 0 N–H and O–H groups in total. The number of ether oxygens (including phenoxy) is 8. The third-order valence-corrected chi connectivity index (χ3v) is 6.77. The summed E-state index contributed by atoms with van der Waals surface area (Å²) in [5, 5.41) is 5.47. The topological polar surface area (TPSA) is 210 Å². The Balaban J connectivity index is 3.85. The molecule has 0 rings (SSSR count). The van der Waals surface area contributed by atoms with Crippen molar-refractivity contribution in [3.63, 3.8) is 0 Å². The summed E-state index contributed by atoms with van der Waals surface area (Å²) in [7, 11) is 0. The van der Waals surface area contributed by atoms with Crippen molar-refractivity contribution >= 4 is 94.8 Å². The van der Waals surface area contributed by atoms with E-state index >= 15 is 0 Å². The number of terminal acetylenes is 2. The molecule has 0 aromatic rings. The average Bonchev–Trinajstić information content (AvgIpc) is 3.05. The predicted octanol–water partition coefficient (Wildman–Crippen LogP) is 1.76. The molecular formula is C28H26O16S4. The molecule has 0 spiro atoms. The Morgan fingerprint density at radius 1 is 0.458 bits per heavy atom. The quantitative estimate of drug-likeness (QED) is 0.0213. The Hall–Kier alpha value is -4.76. The van der Waals surface area contributed by atoms with Crippen LogP contribution in [0.1, 0.15) is 6.42 Å². The Morgan fingerprint density at radius 3 is 1.10 bits per heavy atom. The lowest BCUT2D eigenvalue weighted by atomic mass is 10.4. The molecule has 0 bridgehead atoms. The molecule has 0 fully saturated rings. The second kappa shape index (κ2) is 29.6. The summed E-state index contributed by atoms with van der Waals surface area (Å²) in [6.45, 7) is -1.88. The van der Waals surface area contributed by atoms with Gasteiger partial charge in [-0.1, -0.05) is 23.5 Å². The third kappa shape index (κ3) is 28.7. The van der Waals surface area contributed by atoms with Gasteiger partial charge in [0, 0.05) is 47.7 Å². The van der Waals surface area contributed by atoms with Gasteiger partial charge in [-0.05, 0) is 21.6 Å². The van der Waals surface area contributed by atoms with E-state index in [1.165, 1.54) is 45.2 Å². The molecule has 0 unspecified atom stereocenters. The maximum atomic E-state index is 11.7. The summed E-state index contributed by atoms with van der Waals surface area (Å²) < 4.78 is 36.8. The Bertz CT molecular complexity index is 1320. The normalized spacial score (nSPS) is 10.5. The highest BCUT2D eigenvalue weighted by molar-refractivity contribution is 8.05. The summed E-state index contributed by atoms with van der Waals surface area (Å²) in [6.07, 6.45) is 13.1. The number of carbonyl (C=O) groups excluding carboxylic acids is 8. The molecule has 0 aromatic carbocycles. The minimum absolute atomic E-state index is 0.217. The Labute approximate surface area is 291 Å². The number of hydrogen-bond donors (Lipinski definition) is 0. The minimum atomic E-state index is -0.993. The summed E-state index contributed by atoms with van der Waals surface area (Å²) in [4.78, 5) is 90.6. The molecule has 0 saturated heterocycles. The fraction of sp³-hybridized carbons (Fsp3) is 0.286. The number of rotatable bonds is 23. The van der Waals surface area contributed by atoms with Gasteiger partial charge in [-0.25, -0.2) is 28.8 Å². The first-order chi connectivity index (χ1) is 23.1. The largest absolute Gasteiger partial charge is 0.454 e. The zero-order valence-electron chi connectivity index (χ0n) is 24.6. The van der Waals surface area contributed by atoms with Crippen molar-refractivity contribution in [2.24, 2.45) is 0 Å². The van der Waals surface area contributed by atoms with E-state index in [2.05, 4.69) is 18.9 Å². The van der Waals surface area contributed by atoms with Crippen LogP contribution >= 0.6 is 47.0 Å². The molecular weight excluding hydrogens is 721 g/mol. The molecule has 0 aromatic heterocycles. The maximum Gasteiger partial charge on any atom is 0.386 e. The summed E-state index contributed by atoms with van der Waals surface area (Å²) >= 11 is 4.37. The summed E-state index contributed by atoms with van der Waals surface area (Å²) in [5.41, 5.74) is 0. The van der Waals surface area contributed by atoms with Crippen LogP contribution in [-0.4, -0.2) is 91.5 Å². The number of carbonyl (C=O) groups is 8. The molecule has 0 saturated carbocycles. The van der Waals surface area contributed by atoms with Crippen LogP contribution in [0.2, 0.25) is 0 Å². The van der Waals surface area contributed by atoms with Crippen molar-refractivity contribution in [2.75, 3.05) is 43.8 Å². The zero-order valence-corrected chi connectivity index (χ0v) is 27.9. The van der Waals surface area contributed by atoms with Crippen LogP contribution in [0.25, 0.3) is 0 Å². The van der Waals surface area contributed by atoms with Crippen LogP contribution in [0.4, 0.5) is 0 Å². The van der Waals surface area contributed by atoms with Gasteiger partial charge < -0.3 is 37.9 Å². The van der Waals surface area contributed by atoms with E-state index in [-0.39, 0.29) is 11.9 Å². The highest BCUT2D eigenvalue weighted by Crippen LogP contribution is 2.10. The van der Waals surface area contributed by atoms with E-state index < -0.39 is 74.6 Å². The molecule has 0 aliphatic heterocycles. The van der Waals surface area contributed by atoms with E-state index in [4.69, 9.17) is 31.8 Å². The molecule has 258 valence electrons. The molecule has 0 atom stereocenters. The van der Waals surface area contributed by atoms with Crippen LogP contribution in [0.3, 0.4) is 0 Å². The SMILES string of the molecule is C#CC(=O)OCOC(=O)C=CSCCS/C=C/C(=O)OCOC(=O)C=CSCOC(=O)CC(=O)OCS/C=C/C(=O)OCOC(=O)C#C. The summed E-state index contributed by atoms with van der Waals surface area (Å²) in [6, 6.07) is 0. The van der Waals surface area contributed by atoms with Gasteiger partial charge in [0.1, 0.15) is 18.3 Å². The molecule has 0 radical (unpaired) electrons. The molecule has 0 aliphatic rings. The van der Waals surface area contributed by atoms with Gasteiger partial charge in [0.2, 0.25) is 20.4 Å². The second-order valence-corrected chi connectivity index (χ2v) is 10.8. The molecule has 48 heavy (non-hydrogen) atoms. The fourth-order valence-corrected chi connectivity index (χ4v) is 4.28. The Morgan fingerprint density at radius 2 is 0.771 bits per heavy atom. The van der Waals surface area contributed by atoms with E-state index in [0.29, 0.717) is 11.5 Å². The monoisotopic (exact) mass is 746 g/mol. The molecule has 0 amide bonds. The number of thioether (sulfide) groups is 4. The average molecular weight is 747 g/mol. The smallest absolute Gasteiger partial charge is 0.386 e. The highest BCUT2D eigenvalue weighted by Gasteiger charge is 2.12. The standard InChI is InChI=1S/C28H26O16S4/c1-3-21(29)37-16-39-23(31)5-9-45-13-14-46-10-6-24(32)41-18-42-26(34)8-12-48-20-44-28(36)15-27(35)43-19-47-11-7-25(33)40-17-38-22(30)4-2/h1-2,5-12H,13-20H2/b9-5?,10-6+,11-7+,12-8?. The van der Waals surface area contributed by atoms with E-state index in [1.54, 1.807) is 11.8 Å². The van der Waals surface area contributed by atoms with Gasteiger partial charge in [0.15, 0.2) is 0 Å². The van der Waals surface area contributed by atoms with Gasteiger partial charge in [-0.2, -0.15) is 0 Å². The van der Waals surface area contributed by atoms with Gasteiger partial charge in [-0.3, -0.25) is 9.59 Å². The Kier molecular flexibility index (Phi) is 26.7. The van der Waals surface area contributed by atoms with Crippen molar-refractivity contribution in [1.82, 2.24) is 0 Å². The van der Waals surface area contributed by atoms with Crippen LogP contribution in [0.5, 0.6) is 0 Å². The van der Waals surface area contributed by atoms with E-state index in [1.807, 2.05) is 0 Å². The van der Waals surface area contributed by atoms with Crippen LogP contribution in [-0.2, 0) is 76.3 Å². The van der Waals surface area contributed by atoms with Crippen molar-refractivity contribution in [3.8, 4) is 24.7 Å². The van der Waals surface area contributed by atoms with Crippen LogP contribution < -0.4 is 0 Å². The first-order valence-corrected chi connectivity index (χ1v) is 16.6. The lowest BCUT2D eigenvalue weighted by Gasteiger charge is -2.04. The first kappa shape index (κ1) is 43.2. The predicted molar refractivity (Wildman–Crippen MR) is 172 cm³/mol. The lowest BCUT2D eigenvalue weighted by Crippen LogP contribution is -2.13. The van der Waals surface area contributed by atoms with E-state index in [0.717, 1.165) is 47.8 Å². The van der Waals surface area contributed by atoms with Gasteiger partial charge >= 0.3 is 47.8 Å². The fourth-order valence-electron chi connectivity index (χ4n) is 1.85. The first-order valence-electron chi connectivity index (χ1n) is 12.4. The van der Waals surface area contributed by atoms with Crippen LogP contribution in [0.15, 0.2) is 45.9 Å². The highest BCUT2D eigenvalue weighted by atomic mass is 32.2. The van der Waals surface area contributed by atoms with Gasteiger partial charge in [-0.15, -0.1) is 36.4 Å². The van der Waals surface area contributed by atoms with Crippen molar-refractivity contribution in [2.45, 2.75) is 6.42 Å². The third-order valence-electron chi connectivity index (χ3n) is 3.81. The summed E-state index contributed by atoms with van der Waals surface area (Å²) in [5.74, 6) is -2.76. The lowest BCUT2D eigenvalue weighted by molar-refractivity contribution is -0.161. The van der Waals surface area contributed by atoms with Crippen LogP contribution in [0, 0.1) is 24.7 Å². The maximum absolute atomic E-state index is 11.7. The van der Waals surface area contributed by atoms with Crippen molar-refractivity contribution in [1.29, 1.82) is 0 Å². The van der Waals surface area contributed by atoms with Crippen molar-refractivity contribution < 1.29 is 76.3 Å². The molecule has 0 aliphatic carbocycles. The van der Waals surface area contributed by atoms with E-state index in [9.17, 15) is 38.4 Å². The minimum Gasteiger partial charge on any atom is -0.454 e. The molecule has 16 nitrogen and oxygen atoms in total. The zero-order chi connectivity index (χ0) is 35.8. The van der Waals surface area contributed by atoms with Gasteiger partial charge in [0.05, 0.1) is 0 Å².